The molecule has 1 aromatic carbocycles. The van der Waals surface area contributed by atoms with E-state index >= 15 is 0 Å². The lowest BCUT2D eigenvalue weighted by molar-refractivity contribution is -0.146. The molecule has 142 valence electrons. The van der Waals surface area contributed by atoms with Crippen LogP contribution in [-0.2, 0) is 14.8 Å². The molecule has 3 rings (SSSR count). The Morgan fingerprint density at radius 2 is 1.92 bits per heavy atom. The van der Waals surface area contributed by atoms with Crippen LogP contribution in [0.4, 0.5) is 10.5 Å². The van der Waals surface area contributed by atoms with E-state index in [4.69, 9.17) is 0 Å². The first kappa shape index (κ1) is 18.7. The molecule has 1 saturated heterocycles. The average Bonchev–Trinajstić information content (AvgIpc) is 3.34. The molecule has 2 fully saturated rings. The van der Waals surface area contributed by atoms with Crippen LogP contribution in [0.15, 0.2) is 29.2 Å². The molecule has 0 radical (unpaired) electrons. The van der Waals surface area contributed by atoms with Gasteiger partial charge in [-0.1, -0.05) is 0 Å². The molecule has 1 saturated carbocycles. The van der Waals surface area contributed by atoms with Crippen LogP contribution in [-0.4, -0.2) is 50.1 Å². The Bertz CT molecular complexity index is 804. The van der Waals surface area contributed by atoms with Gasteiger partial charge in [-0.05, 0) is 56.4 Å². The Labute approximate surface area is 152 Å². The van der Waals surface area contributed by atoms with Gasteiger partial charge in [-0.25, -0.2) is 17.9 Å². The molecule has 9 heteroatoms. The van der Waals surface area contributed by atoms with E-state index in [0.29, 0.717) is 31.1 Å². The van der Waals surface area contributed by atoms with E-state index in [0.717, 1.165) is 12.8 Å². The van der Waals surface area contributed by atoms with E-state index < -0.39 is 27.4 Å². The molecule has 0 spiro atoms. The van der Waals surface area contributed by atoms with Crippen molar-refractivity contribution < 1.29 is 23.1 Å². The van der Waals surface area contributed by atoms with Gasteiger partial charge in [0.15, 0.2) is 0 Å². The lowest BCUT2D eigenvalue weighted by Crippen LogP contribution is -2.37. The van der Waals surface area contributed by atoms with Gasteiger partial charge in [0, 0.05) is 25.3 Å². The molecule has 26 heavy (non-hydrogen) atoms. The van der Waals surface area contributed by atoms with Gasteiger partial charge in [-0.3, -0.25) is 4.79 Å². The van der Waals surface area contributed by atoms with Gasteiger partial charge < -0.3 is 15.3 Å². The summed E-state index contributed by atoms with van der Waals surface area (Å²) in [5.41, 5.74) is -0.470. The van der Waals surface area contributed by atoms with Crippen LogP contribution in [0.1, 0.15) is 26.2 Å². The van der Waals surface area contributed by atoms with Crippen molar-refractivity contribution in [3.05, 3.63) is 24.3 Å². The Hall–Kier alpha value is -2.13. The number of hydrogen-bond acceptors (Lipinski definition) is 4. The molecule has 8 nitrogen and oxygen atoms in total. The number of aliphatic carboxylic acids is 1. The number of urea groups is 1. The monoisotopic (exact) mass is 381 g/mol. The molecule has 2 aliphatic rings. The van der Waals surface area contributed by atoms with Crippen LogP contribution in [0, 0.1) is 11.3 Å². The second-order valence-electron chi connectivity index (χ2n) is 7.29. The van der Waals surface area contributed by atoms with Gasteiger partial charge in [0.25, 0.3) is 0 Å². The van der Waals surface area contributed by atoms with E-state index in [1.54, 1.807) is 6.92 Å². The number of nitrogens with zero attached hydrogens (tertiary/aromatic N) is 1. The summed E-state index contributed by atoms with van der Waals surface area (Å²) in [6.45, 7) is 2.59. The van der Waals surface area contributed by atoms with E-state index in [1.807, 2.05) is 0 Å². The minimum Gasteiger partial charge on any atom is -0.481 e. The number of carboxylic acids is 1. The lowest BCUT2D eigenvalue weighted by atomic mass is 9.90. The largest absolute Gasteiger partial charge is 0.481 e. The number of sulfonamides is 1. The summed E-state index contributed by atoms with van der Waals surface area (Å²) in [7, 11) is -3.54. The van der Waals surface area contributed by atoms with Crippen LogP contribution in [0.5, 0.6) is 0 Å². The van der Waals surface area contributed by atoms with Crippen LogP contribution in [0.3, 0.4) is 0 Å². The fraction of sp³-hybridized carbons (Fsp3) is 0.529. The van der Waals surface area contributed by atoms with Gasteiger partial charge >= 0.3 is 12.0 Å². The number of rotatable bonds is 6. The smallest absolute Gasteiger partial charge is 0.321 e. The van der Waals surface area contributed by atoms with Gasteiger partial charge in [0.05, 0.1) is 10.3 Å². The van der Waals surface area contributed by atoms with Gasteiger partial charge in [0.2, 0.25) is 10.0 Å². The third-order valence-electron chi connectivity index (χ3n) is 4.95. The topological polar surface area (TPSA) is 116 Å². The van der Waals surface area contributed by atoms with Crippen molar-refractivity contribution in [2.24, 2.45) is 11.3 Å². The van der Waals surface area contributed by atoms with Crippen molar-refractivity contribution in [1.29, 1.82) is 0 Å². The lowest BCUT2D eigenvalue weighted by Gasteiger charge is -2.20. The normalized spacial score (nSPS) is 23.0. The standard InChI is InChI=1S/C17H23N3O5S/c1-17(15(21)22)8-9-20(11-17)16(23)19-13-4-6-14(7-5-13)26(24,25)18-10-12-2-3-12/h4-7,12,18H,2-3,8-11H2,1H3,(H,19,23)(H,21,22). The minimum atomic E-state index is -3.54. The summed E-state index contributed by atoms with van der Waals surface area (Å²) in [5, 5.41) is 11.9. The van der Waals surface area contributed by atoms with Crippen LogP contribution < -0.4 is 10.0 Å². The highest BCUT2D eigenvalue weighted by molar-refractivity contribution is 7.89. The Balaban J connectivity index is 1.59. The van der Waals surface area contributed by atoms with Crippen molar-refractivity contribution in [3.8, 4) is 0 Å². The molecule has 3 N–H and O–H groups in total. The summed E-state index contributed by atoms with van der Waals surface area (Å²) in [6, 6.07) is 5.54. The SMILES string of the molecule is CC1(C(=O)O)CCN(C(=O)Nc2ccc(S(=O)(=O)NCC3CC3)cc2)C1. The zero-order valence-electron chi connectivity index (χ0n) is 14.6. The number of carboxylic acid groups (broad SMARTS) is 1. The number of likely N-dealkylation sites (tertiary alicyclic amines) is 1. The molecule has 2 amide bonds. The molecule has 1 aromatic rings. The highest BCUT2D eigenvalue weighted by atomic mass is 32.2. The second kappa shape index (κ2) is 6.88. The molecule has 1 aliphatic heterocycles. The summed E-state index contributed by atoms with van der Waals surface area (Å²) < 4.78 is 26.9. The fourth-order valence-electron chi connectivity index (χ4n) is 2.86. The maximum atomic E-state index is 12.3. The molecule has 1 aliphatic carbocycles. The molecular formula is C17H23N3O5S. The third-order valence-corrected chi connectivity index (χ3v) is 6.39. The number of nitrogens with one attached hydrogen (secondary N) is 2. The molecule has 1 atom stereocenters. The summed E-state index contributed by atoms with van der Waals surface area (Å²) in [5.74, 6) is -0.471. The first-order valence-corrected chi connectivity index (χ1v) is 10.1. The van der Waals surface area contributed by atoms with Crippen molar-refractivity contribution in [3.63, 3.8) is 0 Å². The average molecular weight is 381 g/mol. The fourth-order valence-corrected chi connectivity index (χ4v) is 3.98. The first-order valence-electron chi connectivity index (χ1n) is 8.59. The number of anilines is 1. The third kappa shape index (κ3) is 4.16. The maximum absolute atomic E-state index is 12.3. The molecule has 0 aromatic heterocycles. The quantitative estimate of drug-likeness (QED) is 0.694. The minimum absolute atomic E-state index is 0.145. The zero-order valence-corrected chi connectivity index (χ0v) is 15.4. The van der Waals surface area contributed by atoms with E-state index in [2.05, 4.69) is 10.0 Å². The molecular weight excluding hydrogens is 358 g/mol. The predicted octanol–water partition coefficient (Wildman–Crippen LogP) is 1.70. The predicted molar refractivity (Wildman–Crippen MR) is 95.3 cm³/mol. The highest BCUT2D eigenvalue weighted by Crippen LogP contribution is 2.30. The van der Waals surface area contributed by atoms with Crippen LogP contribution in [0.25, 0.3) is 0 Å². The van der Waals surface area contributed by atoms with Crippen molar-refractivity contribution in [1.82, 2.24) is 9.62 Å². The van der Waals surface area contributed by atoms with Crippen molar-refractivity contribution in [2.75, 3.05) is 25.0 Å². The molecule has 1 unspecified atom stereocenters. The number of amides is 2. The Kier molecular flexibility index (Phi) is 4.94. The number of benzene rings is 1. The van der Waals surface area contributed by atoms with E-state index in [1.165, 1.54) is 29.2 Å². The number of carbonyl (C=O) groups excluding carboxylic acids is 1. The van der Waals surface area contributed by atoms with Crippen molar-refractivity contribution in [2.45, 2.75) is 31.1 Å². The molecule has 1 heterocycles. The molecule has 0 bridgehead atoms. The van der Waals surface area contributed by atoms with Crippen LogP contribution in [0.2, 0.25) is 0 Å². The highest BCUT2D eigenvalue weighted by Gasteiger charge is 2.42. The van der Waals surface area contributed by atoms with Crippen molar-refractivity contribution >= 4 is 27.7 Å². The van der Waals surface area contributed by atoms with Gasteiger partial charge in [-0.2, -0.15) is 0 Å². The zero-order chi connectivity index (χ0) is 18.9. The summed E-state index contributed by atoms with van der Waals surface area (Å²) in [6.07, 6.45) is 2.52. The van der Waals surface area contributed by atoms with Gasteiger partial charge in [0.1, 0.15) is 0 Å². The maximum Gasteiger partial charge on any atom is 0.321 e. The first-order chi connectivity index (χ1) is 12.2. The van der Waals surface area contributed by atoms with E-state index in [-0.39, 0.29) is 11.4 Å². The Morgan fingerprint density at radius 3 is 2.46 bits per heavy atom. The summed E-state index contributed by atoms with van der Waals surface area (Å²) >= 11 is 0. The number of hydrogen-bond donors (Lipinski definition) is 3. The van der Waals surface area contributed by atoms with E-state index in [9.17, 15) is 23.1 Å². The van der Waals surface area contributed by atoms with Gasteiger partial charge in [-0.15, -0.1) is 0 Å². The second-order valence-corrected chi connectivity index (χ2v) is 9.05. The number of carbonyl (C=O) groups is 2. The summed E-state index contributed by atoms with van der Waals surface area (Å²) in [4.78, 5) is 25.1. The van der Waals surface area contributed by atoms with Crippen LogP contribution >= 0.6 is 0 Å². The Morgan fingerprint density at radius 1 is 1.27 bits per heavy atom.